The molecular weight excluding hydrogens is 454 g/mol. The van der Waals surface area contributed by atoms with E-state index < -0.39 is 32.9 Å². The zero-order chi connectivity index (χ0) is 22.7. The first-order valence-electron chi connectivity index (χ1n) is 9.87. The van der Waals surface area contributed by atoms with Crippen LogP contribution in [0.25, 0.3) is 11.1 Å². The average Bonchev–Trinajstić information content (AvgIpc) is 3.32. The van der Waals surface area contributed by atoms with E-state index in [1.54, 1.807) is 12.1 Å². The van der Waals surface area contributed by atoms with Crippen LogP contribution in [0, 0.1) is 11.6 Å². The maximum atomic E-state index is 13.8. The minimum absolute atomic E-state index is 0.00717. The van der Waals surface area contributed by atoms with Crippen molar-refractivity contribution in [1.29, 1.82) is 0 Å². The Labute approximate surface area is 189 Å². The Bertz CT molecular complexity index is 1220. The van der Waals surface area contributed by atoms with E-state index in [9.17, 15) is 22.0 Å². The lowest BCUT2D eigenvalue weighted by molar-refractivity contribution is -0.122. The third-order valence-corrected chi connectivity index (χ3v) is 8.34. The molecule has 1 aliphatic rings. The fourth-order valence-electron chi connectivity index (χ4n) is 3.45. The van der Waals surface area contributed by atoms with E-state index in [0.717, 1.165) is 21.5 Å². The number of nitrogens with zero attached hydrogens (tertiary/aromatic N) is 1. The molecule has 5 nitrogen and oxygen atoms in total. The molecule has 9 heteroatoms. The summed E-state index contributed by atoms with van der Waals surface area (Å²) in [6, 6.07) is 19.8. The fraction of sp³-hybridized carbons (Fsp3) is 0.174. The van der Waals surface area contributed by atoms with Crippen molar-refractivity contribution < 1.29 is 22.0 Å². The van der Waals surface area contributed by atoms with Crippen LogP contribution in [0.2, 0.25) is 0 Å². The van der Waals surface area contributed by atoms with Gasteiger partial charge in [-0.1, -0.05) is 54.6 Å². The summed E-state index contributed by atoms with van der Waals surface area (Å²) in [5.41, 5.74) is 1.84. The number of benzene rings is 3. The van der Waals surface area contributed by atoms with Crippen LogP contribution < -0.4 is 5.32 Å². The Hall–Kier alpha value is -2.75. The molecule has 1 atom stereocenters. The van der Waals surface area contributed by atoms with Crippen molar-refractivity contribution in [3.05, 3.63) is 90.0 Å². The van der Waals surface area contributed by atoms with Gasteiger partial charge in [0.2, 0.25) is 15.9 Å². The van der Waals surface area contributed by atoms with Gasteiger partial charge in [0.05, 0.1) is 4.90 Å². The van der Waals surface area contributed by atoms with Crippen molar-refractivity contribution >= 4 is 27.7 Å². The molecule has 1 amide bonds. The first kappa shape index (κ1) is 22.4. The van der Waals surface area contributed by atoms with E-state index in [4.69, 9.17) is 0 Å². The van der Waals surface area contributed by atoms with Gasteiger partial charge in [0, 0.05) is 24.4 Å². The number of halogens is 2. The van der Waals surface area contributed by atoms with Gasteiger partial charge in [0.25, 0.3) is 0 Å². The van der Waals surface area contributed by atoms with Crippen molar-refractivity contribution in [3.63, 3.8) is 0 Å². The minimum Gasteiger partial charge on any atom is -0.350 e. The van der Waals surface area contributed by atoms with Gasteiger partial charge in [-0.05, 0) is 29.3 Å². The zero-order valence-corrected chi connectivity index (χ0v) is 18.5. The van der Waals surface area contributed by atoms with Crippen LogP contribution in [-0.2, 0) is 21.4 Å². The van der Waals surface area contributed by atoms with Gasteiger partial charge in [-0.2, -0.15) is 4.31 Å². The monoisotopic (exact) mass is 474 g/mol. The standard InChI is InChI=1S/C23H20F2N2O3S2/c24-20-8-4-7-18(21(20)25)15-26-22(28)23-27(13-14-31-23)32(29,30)19-11-9-17(10-12-19)16-5-2-1-3-6-16/h1-12,23H,13-15H2,(H,26,28). The summed E-state index contributed by atoms with van der Waals surface area (Å²) in [4.78, 5) is 12.8. The highest BCUT2D eigenvalue weighted by atomic mass is 32.2. The van der Waals surface area contributed by atoms with Crippen LogP contribution in [0.5, 0.6) is 0 Å². The van der Waals surface area contributed by atoms with Crippen molar-refractivity contribution in [2.75, 3.05) is 12.3 Å². The van der Waals surface area contributed by atoms with Crippen LogP contribution in [0.15, 0.2) is 77.7 Å². The predicted molar refractivity (Wildman–Crippen MR) is 120 cm³/mol. The van der Waals surface area contributed by atoms with Crippen molar-refractivity contribution in [3.8, 4) is 11.1 Å². The number of amides is 1. The summed E-state index contributed by atoms with van der Waals surface area (Å²) in [5, 5.41) is 1.54. The first-order valence-corrected chi connectivity index (χ1v) is 12.4. The molecule has 3 aromatic rings. The molecule has 0 saturated carbocycles. The molecule has 1 aliphatic heterocycles. The molecule has 1 N–H and O–H groups in total. The van der Waals surface area contributed by atoms with Crippen molar-refractivity contribution in [2.24, 2.45) is 0 Å². The summed E-state index contributed by atoms with van der Waals surface area (Å²) in [6.45, 7) is -0.0566. The summed E-state index contributed by atoms with van der Waals surface area (Å²) >= 11 is 1.19. The van der Waals surface area contributed by atoms with Crippen LogP contribution in [0.1, 0.15) is 5.56 Å². The summed E-state index contributed by atoms with van der Waals surface area (Å²) in [7, 11) is -3.91. The van der Waals surface area contributed by atoms with Crippen molar-refractivity contribution in [1.82, 2.24) is 9.62 Å². The van der Waals surface area contributed by atoms with Gasteiger partial charge >= 0.3 is 0 Å². The van der Waals surface area contributed by atoms with Gasteiger partial charge < -0.3 is 5.32 Å². The second-order valence-corrected chi connectivity index (χ2v) is 10.2. The Kier molecular flexibility index (Phi) is 6.59. The molecule has 166 valence electrons. The lowest BCUT2D eigenvalue weighted by atomic mass is 10.1. The number of hydrogen-bond acceptors (Lipinski definition) is 4. The SMILES string of the molecule is O=C(NCc1cccc(F)c1F)C1SCCN1S(=O)(=O)c1ccc(-c2ccccc2)cc1. The van der Waals surface area contributed by atoms with E-state index in [1.807, 2.05) is 30.3 Å². The third-order valence-electron chi connectivity index (χ3n) is 5.13. The number of hydrogen-bond donors (Lipinski definition) is 1. The Balaban J connectivity index is 1.49. The maximum absolute atomic E-state index is 13.8. The molecule has 1 unspecified atom stereocenters. The Morgan fingerprint density at radius 3 is 2.38 bits per heavy atom. The van der Waals surface area contributed by atoms with E-state index in [2.05, 4.69) is 5.32 Å². The Morgan fingerprint density at radius 1 is 0.969 bits per heavy atom. The fourth-order valence-corrected chi connectivity index (χ4v) is 6.55. The number of rotatable bonds is 6. The molecule has 32 heavy (non-hydrogen) atoms. The van der Waals surface area contributed by atoms with Crippen LogP contribution >= 0.6 is 11.8 Å². The molecule has 0 radical (unpaired) electrons. The highest BCUT2D eigenvalue weighted by Crippen LogP contribution is 2.31. The summed E-state index contributed by atoms with van der Waals surface area (Å²) in [5.74, 6) is -2.15. The molecule has 1 fully saturated rings. The molecule has 0 aliphatic carbocycles. The maximum Gasteiger partial charge on any atom is 0.249 e. The molecule has 0 spiro atoms. The number of carbonyl (C=O) groups excluding carboxylic acids is 1. The van der Waals surface area contributed by atoms with Gasteiger partial charge in [0.1, 0.15) is 5.37 Å². The largest absolute Gasteiger partial charge is 0.350 e. The number of carbonyl (C=O) groups is 1. The number of thioether (sulfide) groups is 1. The zero-order valence-electron chi connectivity index (χ0n) is 16.9. The van der Waals surface area contributed by atoms with E-state index >= 15 is 0 Å². The summed E-state index contributed by atoms with van der Waals surface area (Å²) < 4.78 is 54.7. The highest BCUT2D eigenvalue weighted by Gasteiger charge is 2.40. The van der Waals surface area contributed by atoms with Crippen LogP contribution in [0.3, 0.4) is 0 Å². The molecule has 3 aromatic carbocycles. The minimum atomic E-state index is -3.91. The van der Waals surface area contributed by atoms with E-state index in [0.29, 0.717) is 5.75 Å². The Morgan fingerprint density at radius 2 is 1.66 bits per heavy atom. The van der Waals surface area contributed by atoms with Gasteiger partial charge in [-0.15, -0.1) is 11.8 Å². The summed E-state index contributed by atoms with van der Waals surface area (Å²) in [6.07, 6.45) is 0. The van der Waals surface area contributed by atoms with Gasteiger partial charge in [-0.25, -0.2) is 17.2 Å². The second kappa shape index (κ2) is 9.40. The number of nitrogens with one attached hydrogen (secondary N) is 1. The molecule has 1 saturated heterocycles. The molecule has 0 bridgehead atoms. The quantitative estimate of drug-likeness (QED) is 0.586. The number of sulfonamides is 1. The highest BCUT2D eigenvalue weighted by molar-refractivity contribution is 8.02. The van der Waals surface area contributed by atoms with E-state index in [1.165, 1.54) is 36.0 Å². The van der Waals surface area contributed by atoms with Gasteiger partial charge in [-0.3, -0.25) is 4.79 Å². The third kappa shape index (κ3) is 4.55. The molecular formula is C23H20F2N2O3S2. The average molecular weight is 475 g/mol. The topological polar surface area (TPSA) is 66.5 Å². The first-order chi connectivity index (χ1) is 15.4. The smallest absolute Gasteiger partial charge is 0.249 e. The lowest BCUT2D eigenvalue weighted by Crippen LogP contribution is -2.44. The predicted octanol–water partition coefficient (Wildman–Crippen LogP) is 4.01. The van der Waals surface area contributed by atoms with Crippen LogP contribution in [-0.4, -0.2) is 36.3 Å². The lowest BCUT2D eigenvalue weighted by Gasteiger charge is -2.22. The second-order valence-electron chi connectivity index (χ2n) is 7.16. The molecule has 0 aromatic heterocycles. The van der Waals surface area contributed by atoms with E-state index in [-0.39, 0.29) is 23.5 Å². The normalized spacial score (nSPS) is 16.8. The molecule has 1 heterocycles. The van der Waals surface area contributed by atoms with Crippen molar-refractivity contribution in [2.45, 2.75) is 16.8 Å². The molecule has 4 rings (SSSR count). The van der Waals surface area contributed by atoms with Gasteiger partial charge in [0.15, 0.2) is 11.6 Å². The van der Waals surface area contributed by atoms with Crippen LogP contribution in [0.4, 0.5) is 8.78 Å².